The standard InChI is InChI=1S/C23H27N5/c1-2-13-24-21-18-22(26-23(25-21)19-9-5-3-6-10-19)28-16-14-27(15-17-28)20-11-7-4-8-12-20/h3-12,18H,2,13-17H2,1H3,(H,24,25,26). The van der Waals surface area contributed by atoms with Crippen molar-refractivity contribution in [3.63, 3.8) is 0 Å². The summed E-state index contributed by atoms with van der Waals surface area (Å²) in [6.07, 6.45) is 1.07. The fourth-order valence-corrected chi connectivity index (χ4v) is 3.49. The van der Waals surface area contributed by atoms with Gasteiger partial charge < -0.3 is 15.1 Å². The van der Waals surface area contributed by atoms with Crippen molar-refractivity contribution in [3.05, 3.63) is 66.7 Å². The molecule has 0 amide bonds. The molecule has 0 unspecified atom stereocenters. The third kappa shape index (κ3) is 4.25. The lowest BCUT2D eigenvalue weighted by molar-refractivity contribution is 0.647. The Morgan fingerprint density at radius 2 is 1.46 bits per heavy atom. The lowest BCUT2D eigenvalue weighted by atomic mass is 10.2. The second-order valence-electron chi connectivity index (χ2n) is 7.04. The van der Waals surface area contributed by atoms with E-state index in [2.05, 4.69) is 70.6 Å². The molecule has 1 aromatic heterocycles. The Bertz CT molecular complexity index is 874. The molecule has 0 saturated carbocycles. The lowest BCUT2D eigenvalue weighted by Gasteiger charge is -2.37. The molecule has 0 spiro atoms. The van der Waals surface area contributed by atoms with E-state index in [0.717, 1.165) is 62.2 Å². The Kier molecular flexibility index (Phi) is 5.71. The number of nitrogens with zero attached hydrogens (tertiary/aromatic N) is 4. The van der Waals surface area contributed by atoms with Gasteiger partial charge in [0.1, 0.15) is 11.6 Å². The zero-order chi connectivity index (χ0) is 19.2. The van der Waals surface area contributed by atoms with Gasteiger partial charge in [0.05, 0.1) is 0 Å². The van der Waals surface area contributed by atoms with E-state index in [9.17, 15) is 0 Å². The molecule has 144 valence electrons. The SMILES string of the molecule is CCCNc1cc(N2CCN(c3ccccc3)CC2)nc(-c2ccccc2)n1. The van der Waals surface area contributed by atoms with Crippen LogP contribution >= 0.6 is 0 Å². The van der Waals surface area contributed by atoms with Gasteiger partial charge in [-0.05, 0) is 18.6 Å². The van der Waals surface area contributed by atoms with E-state index < -0.39 is 0 Å². The molecular formula is C23H27N5. The molecule has 2 aromatic carbocycles. The topological polar surface area (TPSA) is 44.3 Å². The molecule has 2 heterocycles. The number of benzene rings is 2. The number of piperazine rings is 1. The average Bonchev–Trinajstić information content (AvgIpc) is 2.79. The van der Waals surface area contributed by atoms with E-state index in [0.29, 0.717) is 0 Å². The van der Waals surface area contributed by atoms with Crippen molar-refractivity contribution in [2.75, 3.05) is 47.8 Å². The summed E-state index contributed by atoms with van der Waals surface area (Å²) in [6.45, 7) is 6.96. The van der Waals surface area contributed by atoms with Crippen LogP contribution in [0.25, 0.3) is 11.4 Å². The molecule has 1 saturated heterocycles. The summed E-state index contributed by atoms with van der Waals surface area (Å²) in [5.41, 5.74) is 2.34. The molecule has 28 heavy (non-hydrogen) atoms. The van der Waals surface area contributed by atoms with Gasteiger partial charge in [0.2, 0.25) is 0 Å². The van der Waals surface area contributed by atoms with Crippen LogP contribution in [0, 0.1) is 0 Å². The predicted molar refractivity (Wildman–Crippen MR) is 117 cm³/mol. The predicted octanol–water partition coefficient (Wildman–Crippen LogP) is 4.29. The third-order valence-electron chi connectivity index (χ3n) is 5.03. The maximum Gasteiger partial charge on any atom is 0.163 e. The molecule has 1 fully saturated rings. The Morgan fingerprint density at radius 3 is 2.14 bits per heavy atom. The van der Waals surface area contributed by atoms with Gasteiger partial charge in [0.15, 0.2) is 5.82 Å². The minimum Gasteiger partial charge on any atom is -0.370 e. The number of anilines is 3. The van der Waals surface area contributed by atoms with E-state index in [-0.39, 0.29) is 0 Å². The first-order valence-corrected chi connectivity index (χ1v) is 10.1. The van der Waals surface area contributed by atoms with Crippen LogP contribution in [0.3, 0.4) is 0 Å². The second kappa shape index (κ2) is 8.74. The van der Waals surface area contributed by atoms with E-state index in [1.165, 1.54) is 5.69 Å². The van der Waals surface area contributed by atoms with Crippen molar-refractivity contribution in [2.45, 2.75) is 13.3 Å². The van der Waals surface area contributed by atoms with Crippen LogP contribution in [0.5, 0.6) is 0 Å². The number of rotatable bonds is 6. The quantitative estimate of drug-likeness (QED) is 0.698. The van der Waals surface area contributed by atoms with Crippen LogP contribution in [-0.2, 0) is 0 Å². The first-order chi connectivity index (χ1) is 13.8. The maximum absolute atomic E-state index is 4.89. The number of para-hydroxylation sites is 1. The van der Waals surface area contributed by atoms with Crippen LogP contribution in [0.1, 0.15) is 13.3 Å². The number of aromatic nitrogens is 2. The van der Waals surface area contributed by atoms with E-state index in [1.807, 2.05) is 18.2 Å². The minimum absolute atomic E-state index is 0.780. The van der Waals surface area contributed by atoms with Crippen molar-refractivity contribution in [2.24, 2.45) is 0 Å². The lowest BCUT2D eigenvalue weighted by Crippen LogP contribution is -2.46. The zero-order valence-electron chi connectivity index (χ0n) is 16.4. The highest BCUT2D eigenvalue weighted by Crippen LogP contribution is 2.24. The molecule has 1 aliphatic heterocycles. The van der Waals surface area contributed by atoms with Crippen LogP contribution in [0.15, 0.2) is 66.7 Å². The Labute approximate surface area is 167 Å². The van der Waals surface area contributed by atoms with Gasteiger partial charge in [-0.15, -0.1) is 0 Å². The van der Waals surface area contributed by atoms with Crippen molar-refractivity contribution >= 4 is 17.3 Å². The first kappa shape index (κ1) is 18.3. The van der Waals surface area contributed by atoms with Gasteiger partial charge in [0.25, 0.3) is 0 Å². The highest BCUT2D eigenvalue weighted by molar-refractivity contribution is 5.62. The van der Waals surface area contributed by atoms with E-state index in [4.69, 9.17) is 9.97 Å². The molecule has 0 bridgehead atoms. The van der Waals surface area contributed by atoms with Crippen molar-refractivity contribution in [1.82, 2.24) is 9.97 Å². The van der Waals surface area contributed by atoms with Crippen molar-refractivity contribution in [3.8, 4) is 11.4 Å². The highest BCUT2D eigenvalue weighted by Gasteiger charge is 2.20. The molecule has 5 nitrogen and oxygen atoms in total. The van der Waals surface area contributed by atoms with Gasteiger partial charge in [-0.25, -0.2) is 9.97 Å². The summed E-state index contributed by atoms with van der Waals surface area (Å²) in [5, 5.41) is 3.43. The van der Waals surface area contributed by atoms with Crippen LogP contribution < -0.4 is 15.1 Å². The molecule has 5 heteroatoms. The third-order valence-corrected chi connectivity index (χ3v) is 5.03. The Morgan fingerprint density at radius 1 is 0.821 bits per heavy atom. The van der Waals surface area contributed by atoms with Crippen molar-refractivity contribution < 1.29 is 0 Å². The fourth-order valence-electron chi connectivity index (χ4n) is 3.49. The van der Waals surface area contributed by atoms with Gasteiger partial charge in [-0.3, -0.25) is 0 Å². The van der Waals surface area contributed by atoms with Gasteiger partial charge in [-0.2, -0.15) is 0 Å². The van der Waals surface area contributed by atoms with Crippen LogP contribution in [0.4, 0.5) is 17.3 Å². The summed E-state index contributed by atoms with van der Waals surface area (Å²) >= 11 is 0. The number of nitrogens with one attached hydrogen (secondary N) is 1. The monoisotopic (exact) mass is 373 g/mol. The summed E-state index contributed by atoms with van der Waals surface area (Å²) in [5.74, 6) is 2.68. The Hall–Kier alpha value is -3.08. The Balaban J connectivity index is 1.55. The smallest absolute Gasteiger partial charge is 0.163 e. The van der Waals surface area contributed by atoms with Gasteiger partial charge in [-0.1, -0.05) is 55.5 Å². The molecule has 0 aliphatic carbocycles. The summed E-state index contributed by atoms with van der Waals surface area (Å²) < 4.78 is 0. The van der Waals surface area contributed by atoms with Gasteiger partial charge >= 0.3 is 0 Å². The number of hydrogen-bond donors (Lipinski definition) is 1. The molecular weight excluding hydrogens is 346 g/mol. The molecule has 0 atom stereocenters. The van der Waals surface area contributed by atoms with Crippen molar-refractivity contribution in [1.29, 1.82) is 0 Å². The van der Waals surface area contributed by atoms with E-state index in [1.54, 1.807) is 0 Å². The molecule has 1 aliphatic rings. The normalized spacial score (nSPS) is 14.2. The number of hydrogen-bond acceptors (Lipinski definition) is 5. The molecule has 4 rings (SSSR count). The average molecular weight is 374 g/mol. The molecule has 3 aromatic rings. The molecule has 0 radical (unpaired) electrons. The second-order valence-corrected chi connectivity index (χ2v) is 7.04. The van der Waals surface area contributed by atoms with Crippen LogP contribution in [-0.4, -0.2) is 42.7 Å². The summed E-state index contributed by atoms with van der Waals surface area (Å²) in [7, 11) is 0. The van der Waals surface area contributed by atoms with Crippen LogP contribution in [0.2, 0.25) is 0 Å². The minimum atomic E-state index is 0.780. The molecule has 1 N–H and O–H groups in total. The maximum atomic E-state index is 4.89. The largest absolute Gasteiger partial charge is 0.370 e. The first-order valence-electron chi connectivity index (χ1n) is 10.1. The fraction of sp³-hybridized carbons (Fsp3) is 0.304. The van der Waals surface area contributed by atoms with Gasteiger partial charge in [0, 0.05) is 50.0 Å². The zero-order valence-corrected chi connectivity index (χ0v) is 16.4. The van der Waals surface area contributed by atoms with E-state index >= 15 is 0 Å². The summed E-state index contributed by atoms with van der Waals surface area (Å²) in [4.78, 5) is 14.4. The highest BCUT2D eigenvalue weighted by atomic mass is 15.3. The summed E-state index contributed by atoms with van der Waals surface area (Å²) in [6, 6.07) is 22.9.